The van der Waals surface area contributed by atoms with E-state index in [1.165, 1.54) is 18.4 Å². The number of halogens is 2. The molecular formula is C19H20F2N6O2S. The highest BCUT2D eigenvalue weighted by Crippen LogP contribution is 2.39. The molecule has 1 aromatic carbocycles. The minimum atomic E-state index is -1.00. The van der Waals surface area contributed by atoms with Crippen molar-refractivity contribution in [3.05, 3.63) is 40.5 Å². The minimum Gasteiger partial charge on any atom is -0.480 e. The maximum Gasteiger partial charge on any atom is 0.312 e. The number of ether oxygens (including phenoxy) is 1. The van der Waals surface area contributed by atoms with Gasteiger partial charge >= 0.3 is 6.03 Å². The van der Waals surface area contributed by atoms with Gasteiger partial charge in [0, 0.05) is 30.1 Å². The van der Waals surface area contributed by atoms with Crippen LogP contribution in [0.5, 0.6) is 5.88 Å². The number of rotatable bonds is 4. The lowest BCUT2D eigenvalue weighted by Gasteiger charge is -2.39. The highest BCUT2D eigenvalue weighted by molar-refractivity contribution is 7.13. The molecule has 1 fully saturated rings. The summed E-state index contributed by atoms with van der Waals surface area (Å²) in [5.41, 5.74) is 7.06. The summed E-state index contributed by atoms with van der Waals surface area (Å²) in [4.78, 5) is 26.9. The van der Waals surface area contributed by atoms with Gasteiger partial charge in [-0.05, 0) is 19.8 Å². The van der Waals surface area contributed by atoms with E-state index in [4.69, 9.17) is 10.5 Å². The molecule has 0 spiro atoms. The minimum absolute atomic E-state index is 0.183. The second-order valence-electron chi connectivity index (χ2n) is 7.08. The first kappa shape index (κ1) is 20.2. The first-order chi connectivity index (χ1) is 14.4. The number of amides is 2. The molecule has 3 heterocycles. The molecule has 0 bridgehead atoms. The first-order valence-corrected chi connectivity index (χ1v) is 10.2. The second kappa shape index (κ2) is 7.98. The molecule has 11 heteroatoms. The summed E-state index contributed by atoms with van der Waals surface area (Å²) >= 11 is 1.50. The van der Waals surface area contributed by atoms with Gasteiger partial charge in [0.2, 0.25) is 5.88 Å². The van der Waals surface area contributed by atoms with E-state index in [-0.39, 0.29) is 29.0 Å². The molecule has 4 rings (SSSR count). The van der Waals surface area contributed by atoms with E-state index in [1.54, 1.807) is 0 Å². The number of anilines is 1. The highest BCUT2D eigenvalue weighted by atomic mass is 32.1. The Bertz CT molecular complexity index is 1110. The van der Waals surface area contributed by atoms with Crippen LogP contribution in [0.15, 0.2) is 17.5 Å². The molecule has 2 unspecified atom stereocenters. The van der Waals surface area contributed by atoms with E-state index in [1.807, 2.05) is 12.3 Å². The molecule has 0 radical (unpaired) electrons. The van der Waals surface area contributed by atoms with E-state index < -0.39 is 17.7 Å². The number of nitrogens with zero attached hydrogens (tertiary/aromatic N) is 4. The summed E-state index contributed by atoms with van der Waals surface area (Å²) in [6, 6.07) is 0.856. The van der Waals surface area contributed by atoms with E-state index in [9.17, 15) is 13.6 Å². The fourth-order valence-electron chi connectivity index (χ4n) is 3.68. The lowest BCUT2D eigenvalue weighted by molar-refractivity contribution is 0.240. The van der Waals surface area contributed by atoms with Crippen LogP contribution in [0.1, 0.15) is 30.3 Å². The average Bonchev–Trinajstić information content (AvgIpc) is 3.13. The Morgan fingerprint density at radius 3 is 2.57 bits per heavy atom. The third-order valence-corrected chi connectivity index (χ3v) is 6.01. The number of urea groups is 1. The number of methoxy groups -OCH3 is 1. The third-order valence-electron chi connectivity index (χ3n) is 5.01. The predicted octanol–water partition coefficient (Wildman–Crippen LogP) is 3.06. The van der Waals surface area contributed by atoms with Gasteiger partial charge in [-0.25, -0.2) is 28.5 Å². The van der Waals surface area contributed by atoms with Crippen molar-refractivity contribution in [2.24, 2.45) is 5.73 Å². The monoisotopic (exact) mass is 434 g/mol. The van der Waals surface area contributed by atoms with Crippen molar-refractivity contribution in [1.29, 1.82) is 0 Å². The van der Waals surface area contributed by atoms with Crippen LogP contribution in [0.25, 0.3) is 11.0 Å². The van der Waals surface area contributed by atoms with Crippen molar-refractivity contribution < 1.29 is 18.3 Å². The van der Waals surface area contributed by atoms with Crippen molar-refractivity contribution in [1.82, 2.24) is 20.3 Å². The quantitative estimate of drug-likeness (QED) is 0.654. The molecule has 2 aromatic heterocycles. The summed E-state index contributed by atoms with van der Waals surface area (Å²) in [5, 5.41) is 5.49. The topological polar surface area (TPSA) is 106 Å². The molecular weight excluding hydrogens is 414 g/mol. The lowest BCUT2D eigenvalue weighted by Crippen LogP contribution is -2.48. The van der Waals surface area contributed by atoms with Crippen LogP contribution in [0.3, 0.4) is 0 Å². The number of aromatic nitrogens is 3. The second-order valence-corrected chi connectivity index (χ2v) is 7.92. The van der Waals surface area contributed by atoms with E-state index in [0.717, 1.165) is 23.0 Å². The number of hydrogen-bond donors (Lipinski definition) is 2. The molecule has 3 aromatic rings. The van der Waals surface area contributed by atoms with Crippen molar-refractivity contribution in [2.75, 3.05) is 18.6 Å². The third kappa shape index (κ3) is 3.84. The molecule has 1 aliphatic rings. The van der Waals surface area contributed by atoms with Gasteiger partial charge in [0.25, 0.3) is 0 Å². The van der Waals surface area contributed by atoms with Crippen LogP contribution >= 0.6 is 11.3 Å². The number of nitrogens with two attached hydrogens (primary N) is 1. The SMILES string of the molecule is COc1nc2cc(F)c(F)cc2nc1C1CC(NC(N)=O)CCN1c1nc(C)cs1. The number of benzene rings is 1. The zero-order chi connectivity index (χ0) is 21.4. The van der Waals surface area contributed by atoms with Gasteiger partial charge < -0.3 is 20.7 Å². The predicted molar refractivity (Wildman–Crippen MR) is 109 cm³/mol. The summed E-state index contributed by atoms with van der Waals surface area (Å²) < 4.78 is 32.9. The number of nitrogens with one attached hydrogen (secondary N) is 1. The first-order valence-electron chi connectivity index (χ1n) is 9.31. The van der Waals surface area contributed by atoms with E-state index >= 15 is 0 Å². The average molecular weight is 434 g/mol. The van der Waals surface area contributed by atoms with Crippen LogP contribution in [0.4, 0.5) is 18.7 Å². The van der Waals surface area contributed by atoms with Gasteiger partial charge in [-0.15, -0.1) is 11.3 Å². The molecule has 158 valence electrons. The molecule has 2 amide bonds. The molecule has 0 saturated carbocycles. The number of thiazole rings is 1. The van der Waals surface area contributed by atoms with Gasteiger partial charge in [-0.1, -0.05) is 0 Å². The molecule has 8 nitrogen and oxygen atoms in total. The summed E-state index contributed by atoms with van der Waals surface area (Å²) in [7, 11) is 1.44. The Kier molecular flexibility index (Phi) is 5.37. The smallest absolute Gasteiger partial charge is 0.312 e. The Morgan fingerprint density at radius 2 is 1.97 bits per heavy atom. The van der Waals surface area contributed by atoms with Gasteiger partial charge in [-0.3, -0.25) is 0 Å². The maximum atomic E-state index is 13.8. The number of carbonyl (C=O) groups is 1. The Hall–Kier alpha value is -3.08. The number of fused-ring (bicyclic) bond motifs is 1. The number of piperidine rings is 1. The zero-order valence-electron chi connectivity index (χ0n) is 16.4. The van der Waals surface area contributed by atoms with Gasteiger partial charge in [-0.2, -0.15) is 0 Å². The number of carbonyl (C=O) groups excluding carboxylic acids is 1. The molecule has 30 heavy (non-hydrogen) atoms. The Morgan fingerprint density at radius 1 is 1.27 bits per heavy atom. The van der Waals surface area contributed by atoms with Crippen molar-refractivity contribution in [3.63, 3.8) is 0 Å². The molecule has 2 atom stereocenters. The molecule has 3 N–H and O–H groups in total. The Balaban J connectivity index is 1.82. The fraction of sp³-hybridized carbons (Fsp3) is 0.368. The number of primary amides is 1. The molecule has 1 aliphatic heterocycles. The molecule has 0 aliphatic carbocycles. The molecule has 1 saturated heterocycles. The Labute approximate surface area is 175 Å². The summed E-state index contributed by atoms with van der Waals surface area (Å²) in [6.07, 6.45) is 1.14. The van der Waals surface area contributed by atoms with Crippen molar-refractivity contribution in [2.45, 2.75) is 31.8 Å². The van der Waals surface area contributed by atoms with Gasteiger partial charge in [0.15, 0.2) is 16.8 Å². The van der Waals surface area contributed by atoms with Gasteiger partial charge in [0.05, 0.1) is 29.9 Å². The van der Waals surface area contributed by atoms with E-state index in [2.05, 4.69) is 25.2 Å². The van der Waals surface area contributed by atoms with Crippen molar-refractivity contribution >= 4 is 33.5 Å². The van der Waals surface area contributed by atoms with E-state index in [0.29, 0.717) is 25.1 Å². The standard InChI is InChI=1S/C19H20F2N6O2S/c1-9-8-30-19(23-9)27-4-3-10(24-18(22)28)5-15(27)16-17(29-2)26-14-7-12(21)11(20)6-13(14)25-16/h6-8,10,15H,3-5H2,1-2H3,(H3,22,24,28). The normalized spacial score (nSPS) is 19.1. The van der Waals surface area contributed by atoms with Crippen LogP contribution in [-0.2, 0) is 0 Å². The lowest BCUT2D eigenvalue weighted by atomic mass is 9.95. The van der Waals surface area contributed by atoms with Crippen molar-refractivity contribution in [3.8, 4) is 5.88 Å². The number of hydrogen-bond acceptors (Lipinski definition) is 7. The van der Waals surface area contributed by atoms with Crippen LogP contribution in [0.2, 0.25) is 0 Å². The largest absolute Gasteiger partial charge is 0.480 e. The fourth-order valence-corrected chi connectivity index (χ4v) is 4.56. The van der Waals surface area contributed by atoms with Gasteiger partial charge in [0.1, 0.15) is 5.69 Å². The number of aryl methyl sites for hydroxylation is 1. The highest BCUT2D eigenvalue weighted by Gasteiger charge is 2.35. The summed E-state index contributed by atoms with van der Waals surface area (Å²) in [5.74, 6) is -1.80. The van der Waals surface area contributed by atoms with Crippen LogP contribution in [-0.4, -0.2) is 40.7 Å². The summed E-state index contributed by atoms with van der Waals surface area (Å²) in [6.45, 7) is 2.49. The van der Waals surface area contributed by atoms with Crippen LogP contribution < -0.4 is 20.7 Å². The zero-order valence-corrected chi connectivity index (χ0v) is 17.2. The van der Waals surface area contributed by atoms with Crippen LogP contribution in [0, 0.1) is 18.6 Å². The maximum absolute atomic E-state index is 13.8.